The fourth-order valence-corrected chi connectivity index (χ4v) is 1.66. The van der Waals surface area contributed by atoms with E-state index in [2.05, 4.69) is 6.58 Å². The third-order valence-corrected chi connectivity index (χ3v) is 2.55. The van der Waals surface area contributed by atoms with Crippen LogP contribution in [0.4, 0.5) is 0 Å². The molecule has 100 valence electrons. The van der Waals surface area contributed by atoms with Crippen LogP contribution >= 0.6 is 0 Å². The summed E-state index contributed by atoms with van der Waals surface area (Å²) in [5, 5.41) is 8.92. The van der Waals surface area contributed by atoms with Gasteiger partial charge in [-0.3, -0.25) is 4.79 Å². The van der Waals surface area contributed by atoms with Crippen molar-refractivity contribution in [3.05, 3.63) is 42.5 Å². The third kappa shape index (κ3) is 4.47. The highest BCUT2D eigenvalue weighted by atomic mass is 16.5. The molecule has 0 N–H and O–H groups in total. The normalized spacial score (nSPS) is 9.47. The molecule has 0 saturated heterocycles. The van der Waals surface area contributed by atoms with Gasteiger partial charge in [0.15, 0.2) is 6.61 Å². The molecule has 19 heavy (non-hydrogen) atoms. The fraction of sp³-hybridized carbons (Fsp3) is 0.333. The number of benzene rings is 1. The number of ether oxygens (including phenoxy) is 1. The van der Waals surface area contributed by atoms with Gasteiger partial charge < -0.3 is 9.64 Å². The minimum atomic E-state index is -0.102. The van der Waals surface area contributed by atoms with Crippen LogP contribution in [0.25, 0.3) is 0 Å². The van der Waals surface area contributed by atoms with Gasteiger partial charge in [-0.2, -0.15) is 5.26 Å². The minimum Gasteiger partial charge on any atom is -0.482 e. The molecule has 0 fully saturated rings. The Labute approximate surface area is 113 Å². The molecule has 0 aromatic heterocycles. The van der Waals surface area contributed by atoms with Gasteiger partial charge in [0, 0.05) is 13.1 Å². The summed E-state index contributed by atoms with van der Waals surface area (Å²) in [6.45, 7) is 6.76. The molecular weight excluding hydrogens is 240 g/mol. The maximum Gasteiger partial charge on any atom is 0.260 e. The van der Waals surface area contributed by atoms with E-state index < -0.39 is 0 Å². The third-order valence-electron chi connectivity index (χ3n) is 2.55. The van der Waals surface area contributed by atoms with Crippen LogP contribution < -0.4 is 4.74 Å². The number of carbonyl (C=O) groups excluding carboxylic acids is 1. The van der Waals surface area contributed by atoms with Crippen molar-refractivity contribution in [2.45, 2.75) is 13.3 Å². The highest BCUT2D eigenvalue weighted by Gasteiger charge is 2.12. The van der Waals surface area contributed by atoms with Crippen LogP contribution in [0, 0.1) is 11.3 Å². The summed E-state index contributed by atoms with van der Waals surface area (Å²) in [5.74, 6) is 0.336. The van der Waals surface area contributed by atoms with Gasteiger partial charge in [-0.15, -0.1) is 6.58 Å². The lowest BCUT2D eigenvalue weighted by atomic mass is 10.2. The second-order valence-electron chi connectivity index (χ2n) is 4.03. The van der Waals surface area contributed by atoms with E-state index in [9.17, 15) is 4.79 Å². The summed E-state index contributed by atoms with van der Waals surface area (Å²) in [6.07, 6.45) is 2.57. The van der Waals surface area contributed by atoms with Crippen LogP contribution in [0.2, 0.25) is 0 Å². The first kappa shape index (κ1) is 14.8. The minimum absolute atomic E-state index is 0.0630. The average Bonchev–Trinajstić information content (AvgIpc) is 2.44. The predicted molar refractivity (Wildman–Crippen MR) is 73.7 cm³/mol. The largest absolute Gasteiger partial charge is 0.482 e. The van der Waals surface area contributed by atoms with Gasteiger partial charge in [-0.05, 0) is 18.6 Å². The summed E-state index contributed by atoms with van der Waals surface area (Å²) in [4.78, 5) is 13.6. The van der Waals surface area contributed by atoms with Crippen molar-refractivity contribution in [1.82, 2.24) is 4.90 Å². The molecule has 0 spiro atoms. The van der Waals surface area contributed by atoms with Crippen molar-refractivity contribution in [2.75, 3.05) is 19.7 Å². The monoisotopic (exact) mass is 258 g/mol. The summed E-state index contributed by atoms with van der Waals surface area (Å²) in [7, 11) is 0. The van der Waals surface area contributed by atoms with Crippen molar-refractivity contribution in [3.8, 4) is 11.8 Å². The summed E-state index contributed by atoms with van der Waals surface area (Å²) < 4.78 is 5.42. The van der Waals surface area contributed by atoms with Crippen LogP contribution in [0.5, 0.6) is 5.75 Å². The lowest BCUT2D eigenvalue weighted by Crippen LogP contribution is -2.35. The van der Waals surface area contributed by atoms with Crippen LogP contribution in [0.3, 0.4) is 0 Å². The number of nitrogens with zero attached hydrogens (tertiary/aromatic N) is 2. The lowest BCUT2D eigenvalue weighted by Gasteiger charge is -2.20. The van der Waals surface area contributed by atoms with Crippen LogP contribution in [0.15, 0.2) is 36.9 Å². The molecule has 0 unspecified atom stereocenters. The quantitative estimate of drug-likeness (QED) is 0.705. The first-order valence-corrected chi connectivity index (χ1v) is 6.23. The zero-order valence-electron chi connectivity index (χ0n) is 11.1. The molecule has 1 aromatic rings. The molecule has 0 aliphatic heterocycles. The Morgan fingerprint density at radius 3 is 2.89 bits per heavy atom. The first-order valence-electron chi connectivity index (χ1n) is 6.23. The van der Waals surface area contributed by atoms with E-state index in [1.54, 1.807) is 35.2 Å². The molecule has 0 bridgehead atoms. The highest BCUT2D eigenvalue weighted by molar-refractivity contribution is 5.78. The molecular formula is C15H18N2O2. The Morgan fingerprint density at radius 1 is 1.53 bits per heavy atom. The Morgan fingerprint density at radius 2 is 2.26 bits per heavy atom. The van der Waals surface area contributed by atoms with Gasteiger partial charge in [0.2, 0.25) is 0 Å². The number of rotatable bonds is 7. The number of amides is 1. The molecule has 0 radical (unpaired) electrons. The predicted octanol–water partition coefficient (Wildman–Crippen LogP) is 2.36. The molecule has 4 nitrogen and oxygen atoms in total. The Kier molecular flexibility index (Phi) is 6.17. The van der Waals surface area contributed by atoms with E-state index in [-0.39, 0.29) is 12.5 Å². The summed E-state index contributed by atoms with van der Waals surface area (Å²) >= 11 is 0. The van der Waals surface area contributed by atoms with E-state index in [1.807, 2.05) is 13.0 Å². The van der Waals surface area contributed by atoms with Crippen LogP contribution in [-0.2, 0) is 4.79 Å². The van der Waals surface area contributed by atoms with E-state index >= 15 is 0 Å². The maximum atomic E-state index is 12.0. The first-order chi connectivity index (χ1) is 9.22. The molecule has 1 rings (SSSR count). The number of carbonyl (C=O) groups is 1. The molecule has 1 amide bonds. The highest BCUT2D eigenvalue weighted by Crippen LogP contribution is 2.16. The summed E-state index contributed by atoms with van der Waals surface area (Å²) in [5.41, 5.74) is 0.432. The second-order valence-corrected chi connectivity index (χ2v) is 4.03. The molecule has 0 heterocycles. The van der Waals surface area contributed by atoms with Gasteiger partial charge in [0.05, 0.1) is 5.56 Å². The van der Waals surface area contributed by atoms with Crippen molar-refractivity contribution < 1.29 is 9.53 Å². The molecule has 0 saturated carbocycles. The smallest absolute Gasteiger partial charge is 0.260 e. The molecule has 0 aliphatic carbocycles. The van der Waals surface area contributed by atoms with Gasteiger partial charge in [-0.1, -0.05) is 25.1 Å². The van der Waals surface area contributed by atoms with E-state index in [0.29, 0.717) is 24.4 Å². The molecule has 0 aliphatic rings. The van der Waals surface area contributed by atoms with Crippen molar-refractivity contribution >= 4 is 5.91 Å². The second kappa shape index (κ2) is 7.93. The molecule has 1 aromatic carbocycles. The molecule has 0 atom stereocenters. The summed E-state index contributed by atoms with van der Waals surface area (Å²) in [6, 6.07) is 8.91. The van der Waals surface area contributed by atoms with Gasteiger partial charge in [-0.25, -0.2) is 0 Å². The Balaban J connectivity index is 2.62. The maximum absolute atomic E-state index is 12.0. The number of nitriles is 1. The number of hydrogen-bond acceptors (Lipinski definition) is 3. The zero-order chi connectivity index (χ0) is 14.1. The SMILES string of the molecule is C=CCN(CCC)C(=O)COc1ccccc1C#N. The van der Waals surface area contributed by atoms with E-state index in [0.717, 1.165) is 6.42 Å². The van der Waals surface area contributed by atoms with Gasteiger partial charge in [0.25, 0.3) is 5.91 Å². The Hall–Kier alpha value is -2.28. The zero-order valence-corrected chi connectivity index (χ0v) is 11.1. The van der Waals surface area contributed by atoms with E-state index in [1.165, 1.54) is 0 Å². The van der Waals surface area contributed by atoms with Gasteiger partial charge in [0.1, 0.15) is 11.8 Å². The number of para-hydroxylation sites is 1. The topological polar surface area (TPSA) is 53.3 Å². The molecule has 4 heteroatoms. The average molecular weight is 258 g/mol. The number of hydrogen-bond donors (Lipinski definition) is 0. The van der Waals surface area contributed by atoms with Crippen molar-refractivity contribution in [1.29, 1.82) is 5.26 Å². The fourth-order valence-electron chi connectivity index (χ4n) is 1.66. The Bertz CT molecular complexity index is 477. The van der Waals surface area contributed by atoms with Crippen LogP contribution in [0.1, 0.15) is 18.9 Å². The van der Waals surface area contributed by atoms with Crippen LogP contribution in [-0.4, -0.2) is 30.5 Å². The van der Waals surface area contributed by atoms with Crippen molar-refractivity contribution in [3.63, 3.8) is 0 Å². The van der Waals surface area contributed by atoms with Crippen molar-refractivity contribution in [2.24, 2.45) is 0 Å². The lowest BCUT2D eigenvalue weighted by molar-refractivity contribution is -0.132. The standard InChI is InChI=1S/C15H18N2O2/c1-3-9-17(10-4-2)15(18)12-19-14-8-6-5-7-13(14)11-16/h3,5-8H,1,4,9-10,12H2,2H3. The van der Waals surface area contributed by atoms with Gasteiger partial charge >= 0.3 is 0 Å². The van der Waals surface area contributed by atoms with E-state index in [4.69, 9.17) is 10.00 Å².